The van der Waals surface area contributed by atoms with Gasteiger partial charge in [0.25, 0.3) is 0 Å². The van der Waals surface area contributed by atoms with E-state index in [0.717, 1.165) is 22.2 Å². The molecule has 24 heavy (non-hydrogen) atoms. The number of benzene rings is 3. The highest BCUT2D eigenvalue weighted by Crippen LogP contribution is 2.30. The van der Waals surface area contributed by atoms with Crippen molar-refractivity contribution in [1.29, 1.82) is 0 Å². The lowest BCUT2D eigenvalue weighted by Gasteiger charge is -2.09. The molecule has 0 unspecified atom stereocenters. The predicted molar refractivity (Wildman–Crippen MR) is 99.9 cm³/mol. The monoisotopic (exact) mass is 310 g/mol. The Hall–Kier alpha value is -3.00. The first-order valence-corrected chi connectivity index (χ1v) is 8.09. The first-order chi connectivity index (χ1) is 11.7. The van der Waals surface area contributed by atoms with Gasteiger partial charge in [-0.05, 0) is 49.2 Å². The molecule has 0 aliphatic carbocycles. The van der Waals surface area contributed by atoms with Crippen LogP contribution in [0.1, 0.15) is 11.1 Å². The van der Waals surface area contributed by atoms with Crippen LogP contribution in [0.2, 0.25) is 0 Å². The van der Waals surface area contributed by atoms with Gasteiger partial charge >= 0.3 is 0 Å². The van der Waals surface area contributed by atoms with Crippen molar-refractivity contribution in [3.8, 4) is 22.4 Å². The quantitative estimate of drug-likeness (QED) is 0.483. The molecule has 0 aliphatic heterocycles. The minimum atomic E-state index is 0.973. The molecule has 1 heterocycles. The van der Waals surface area contributed by atoms with E-state index in [-0.39, 0.29) is 0 Å². The normalized spacial score (nSPS) is 10.9. The zero-order chi connectivity index (χ0) is 16.5. The number of aryl methyl sites for hydroxylation is 2. The van der Waals surface area contributed by atoms with E-state index in [9.17, 15) is 0 Å². The fraction of sp³-hybridized carbons (Fsp3) is 0.0909. The minimum absolute atomic E-state index is 0.973. The van der Waals surface area contributed by atoms with Gasteiger partial charge in [0.1, 0.15) is 6.33 Å². The first kappa shape index (κ1) is 14.6. The largest absolute Gasteiger partial charge is 0.236 e. The Morgan fingerprint density at radius 1 is 0.625 bits per heavy atom. The molecule has 0 atom stereocenters. The Kier molecular flexibility index (Phi) is 3.58. The van der Waals surface area contributed by atoms with Crippen molar-refractivity contribution in [2.45, 2.75) is 13.8 Å². The third-order valence-corrected chi connectivity index (χ3v) is 4.24. The third kappa shape index (κ3) is 2.67. The van der Waals surface area contributed by atoms with Crippen LogP contribution in [0.25, 0.3) is 33.3 Å². The molecule has 0 saturated carbocycles. The van der Waals surface area contributed by atoms with Crippen molar-refractivity contribution in [3.05, 3.63) is 84.2 Å². The molecule has 0 bridgehead atoms. The third-order valence-electron chi connectivity index (χ3n) is 4.24. The summed E-state index contributed by atoms with van der Waals surface area (Å²) >= 11 is 0. The van der Waals surface area contributed by atoms with Crippen LogP contribution in [0.4, 0.5) is 0 Å². The molecule has 3 aromatic carbocycles. The van der Waals surface area contributed by atoms with Gasteiger partial charge in [-0.1, -0.05) is 53.6 Å². The summed E-state index contributed by atoms with van der Waals surface area (Å²) in [4.78, 5) is 9.04. The maximum Gasteiger partial charge on any atom is 0.116 e. The molecule has 0 saturated heterocycles. The highest BCUT2D eigenvalue weighted by molar-refractivity contribution is 5.94. The zero-order valence-electron chi connectivity index (χ0n) is 13.8. The Labute approximate surface area is 141 Å². The average molecular weight is 310 g/mol. The average Bonchev–Trinajstić information content (AvgIpc) is 2.60. The minimum Gasteiger partial charge on any atom is -0.236 e. The smallest absolute Gasteiger partial charge is 0.116 e. The van der Waals surface area contributed by atoms with Crippen molar-refractivity contribution < 1.29 is 0 Å². The summed E-state index contributed by atoms with van der Waals surface area (Å²) < 4.78 is 0. The van der Waals surface area contributed by atoms with Gasteiger partial charge in [0, 0.05) is 10.9 Å². The van der Waals surface area contributed by atoms with Gasteiger partial charge in [0.2, 0.25) is 0 Å². The molecular weight excluding hydrogens is 292 g/mol. The fourth-order valence-corrected chi connectivity index (χ4v) is 3.21. The van der Waals surface area contributed by atoms with Crippen LogP contribution >= 0.6 is 0 Å². The molecule has 0 aliphatic rings. The Bertz CT molecular complexity index is 1000. The second kappa shape index (κ2) is 5.89. The van der Waals surface area contributed by atoms with Crippen molar-refractivity contribution in [1.82, 2.24) is 9.97 Å². The number of hydrogen-bond donors (Lipinski definition) is 0. The molecule has 2 heteroatoms. The lowest BCUT2D eigenvalue weighted by molar-refractivity contribution is 1.22. The zero-order valence-corrected chi connectivity index (χ0v) is 13.8. The molecule has 4 rings (SSSR count). The summed E-state index contributed by atoms with van der Waals surface area (Å²) in [5.74, 6) is 0. The Morgan fingerprint density at radius 3 is 2.12 bits per heavy atom. The van der Waals surface area contributed by atoms with E-state index in [0.29, 0.717) is 0 Å². The Morgan fingerprint density at radius 2 is 1.38 bits per heavy atom. The second-order valence-electron chi connectivity index (χ2n) is 6.20. The van der Waals surface area contributed by atoms with Crippen LogP contribution in [-0.2, 0) is 0 Å². The van der Waals surface area contributed by atoms with E-state index in [4.69, 9.17) is 0 Å². The first-order valence-electron chi connectivity index (χ1n) is 8.09. The summed E-state index contributed by atoms with van der Waals surface area (Å²) in [6, 6.07) is 23.3. The standard InChI is InChI=1S/C22H18N2/c1-15-10-16(2)12-19(11-15)22-20-9-8-18(13-21(20)23-14-24-22)17-6-4-3-5-7-17/h3-14H,1-2H3. The topological polar surface area (TPSA) is 25.8 Å². The van der Waals surface area contributed by atoms with Gasteiger partial charge < -0.3 is 0 Å². The fourth-order valence-electron chi connectivity index (χ4n) is 3.21. The highest BCUT2D eigenvalue weighted by atomic mass is 14.8. The summed E-state index contributed by atoms with van der Waals surface area (Å²) in [5, 5.41) is 1.09. The lowest BCUT2D eigenvalue weighted by Crippen LogP contribution is -1.91. The molecule has 2 nitrogen and oxygen atoms in total. The maximum atomic E-state index is 4.55. The van der Waals surface area contributed by atoms with E-state index in [1.54, 1.807) is 6.33 Å². The Balaban J connectivity index is 1.90. The summed E-state index contributed by atoms with van der Waals surface area (Å²) in [6.45, 7) is 4.24. The summed E-state index contributed by atoms with van der Waals surface area (Å²) in [7, 11) is 0. The van der Waals surface area contributed by atoms with E-state index in [2.05, 4.69) is 84.5 Å². The van der Waals surface area contributed by atoms with E-state index in [1.807, 2.05) is 6.07 Å². The number of hydrogen-bond acceptors (Lipinski definition) is 2. The van der Waals surface area contributed by atoms with E-state index < -0.39 is 0 Å². The molecule has 0 amide bonds. The van der Waals surface area contributed by atoms with Crippen LogP contribution < -0.4 is 0 Å². The van der Waals surface area contributed by atoms with Crippen LogP contribution in [0.15, 0.2) is 73.1 Å². The van der Waals surface area contributed by atoms with Gasteiger partial charge in [-0.25, -0.2) is 9.97 Å². The number of aromatic nitrogens is 2. The van der Waals surface area contributed by atoms with Crippen LogP contribution in [0.5, 0.6) is 0 Å². The molecular formula is C22H18N2. The van der Waals surface area contributed by atoms with E-state index >= 15 is 0 Å². The lowest BCUT2D eigenvalue weighted by atomic mass is 9.99. The van der Waals surface area contributed by atoms with Crippen LogP contribution in [-0.4, -0.2) is 9.97 Å². The van der Waals surface area contributed by atoms with Crippen LogP contribution in [0.3, 0.4) is 0 Å². The molecule has 0 fully saturated rings. The van der Waals surface area contributed by atoms with Gasteiger partial charge in [-0.3, -0.25) is 0 Å². The highest BCUT2D eigenvalue weighted by Gasteiger charge is 2.08. The van der Waals surface area contributed by atoms with Crippen LogP contribution in [0, 0.1) is 13.8 Å². The molecule has 1 aromatic heterocycles. The van der Waals surface area contributed by atoms with E-state index in [1.165, 1.54) is 22.3 Å². The molecule has 0 spiro atoms. The second-order valence-corrected chi connectivity index (χ2v) is 6.20. The van der Waals surface area contributed by atoms with Gasteiger partial charge in [-0.15, -0.1) is 0 Å². The number of nitrogens with zero attached hydrogens (tertiary/aromatic N) is 2. The molecule has 116 valence electrons. The number of fused-ring (bicyclic) bond motifs is 1. The summed E-state index contributed by atoms with van der Waals surface area (Å²) in [6.07, 6.45) is 1.66. The molecule has 4 aromatic rings. The molecule has 0 radical (unpaired) electrons. The maximum absolute atomic E-state index is 4.55. The van der Waals surface area contributed by atoms with Crippen molar-refractivity contribution >= 4 is 10.9 Å². The van der Waals surface area contributed by atoms with Gasteiger partial charge in [0.15, 0.2) is 0 Å². The van der Waals surface area contributed by atoms with Crippen molar-refractivity contribution in [2.24, 2.45) is 0 Å². The predicted octanol–water partition coefficient (Wildman–Crippen LogP) is 5.58. The number of rotatable bonds is 2. The van der Waals surface area contributed by atoms with Gasteiger partial charge in [0.05, 0.1) is 11.2 Å². The summed E-state index contributed by atoms with van der Waals surface area (Å²) in [5.41, 5.74) is 7.98. The van der Waals surface area contributed by atoms with Crippen molar-refractivity contribution in [2.75, 3.05) is 0 Å². The van der Waals surface area contributed by atoms with Gasteiger partial charge in [-0.2, -0.15) is 0 Å². The molecule has 0 N–H and O–H groups in total. The SMILES string of the molecule is Cc1cc(C)cc(-c2ncnc3cc(-c4ccccc4)ccc23)c1. The van der Waals surface area contributed by atoms with Crippen molar-refractivity contribution in [3.63, 3.8) is 0 Å².